The fourth-order valence-corrected chi connectivity index (χ4v) is 1.21. The maximum atomic E-state index is 4.18. The van der Waals surface area contributed by atoms with Gasteiger partial charge in [-0.1, -0.05) is 0 Å². The van der Waals surface area contributed by atoms with E-state index in [1.807, 2.05) is 19.3 Å². The third-order valence-corrected chi connectivity index (χ3v) is 1.94. The van der Waals surface area contributed by atoms with Crippen LogP contribution >= 0.6 is 0 Å². The predicted octanol–water partition coefficient (Wildman–Crippen LogP) is 1.05. The summed E-state index contributed by atoms with van der Waals surface area (Å²) in [6, 6.07) is 1.81. The van der Waals surface area contributed by atoms with E-state index < -0.39 is 0 Å². The van der Waals surface area contributed by atoms with E-state index >= 15 is 0 Å². The smallest absolute Gasteiger partial charge is 0.140 e. The molecule has 0 bridgehead atoms. The van der Waals surface area contributed by atoms with Crippen molar-refractivity contribution in [1.82, 2.24) is 15.4 Å². The first-order valence-corrected chi connectivity index (χ1v) is 4.10. The van der Waals surface area contributed by atoms with Crippen molar-refractivity contribution in [2.75, 3.05) is 0 Å². The van der Waals surface area contributed by atoms with E-state index in [2.05, 4.69) is 20.5 Å². The van der Waals surface area contributed by atoms with Crippen LogP contribution in [-0.4, -0.2) is 16.2 Å². The highest BCUT2D eigenvalue weighted by Crippen LogP contribution is 2.19. The van der Waals surface area contributed by atoms with Crippen LogP contribution in [0, 0.1) is 0 Å². The number of hydrogen-bond acceptors (Lipinski definition) is 4. The summed E-state index contributed by atoms with van der Waals surface area (Å²) < 4.78 is 0. The average molecular weight is 174 g/mol. The number of rotatable bonds is 1. The Kier molecular flexibility index (Phi) is 2.04. The van der Waals surface area contributed by atoms with Crippen LogP contribution in [0.1, 0.15) is 18.7 Å². The van der Waals surface area contributed by atoms with Crippen LogP contribution in [0.3, 0.4) is 0 Å². The van der Waals surface area contributed by atoms with Crippen LogP contribution in [0.2, 0.25) is 0 Å². The minimum absolute atomic E-state index is 0.113. The Labute approximate surface area is 76.4 Å². The van der Waals surface area contributed by atoms with E-state index in [0.29, 0.717) is 0 Å². The largest absolute Gasteiger partial charge is 0.286 e. The highest BCUT2D eigenvalue weighted by Gasteiger charge is 2.15. The second-order valence-electron chi connectivity index (χ2n) is 2.88. The monoisotopic (exact) mass is 174 g/mol. The molecule has 13 heavy (non-hydrogen) atoms. The summed E-state index contributed by atoms with van der Waals surface area (Å²) in [5, 5.41) is 3.95. The molecular formula is C9H10N4. The van der Waals surface area contributed by atoms with E-state index in [9.17, 15) is 0 Å². The molecule has 0 saturated carbocycles. The number of nitrogens with one attached hydrogen (secondary N) is 1. The van der Waals surface area contributed by atoms with Crippen molar-refractivity contribution >= 4 is 6.21 Å². The minimum Gasteiger partial charge on any atom is -0.286 e. The molecule has 0 saturated heterocycles. The first-order chi connectivity index (χ1) is 6.38. The molecule has 1 aliphatic rings. The number of nitrogens with zero attached hydrogens (tertiary/aromatic N) is 3. The van der Waals surface area contributed by atoms with Gasteiger partial charge in [0.25, 0.3) is 0 Å². The van der Waals surface area contributed by atoms with Crippen molar-refractivity contribution in [2.45, 2.75) is 12.8 Å². The van der Waals surface area contributed by atoms with Crippen LogP contribution in [-0.2, 0) is 0 Å². The predicted molar refractivity (Wildman–Crippen MR) is 50.2 cm³/mol. The summed E-state index contributed by atoms with van der Waals surface area (Å²) in [4.78, 5) is 8.36. The number of aromatic nitrogens is 2. The molecule has 0 radical (unpaired) electrons. The summed E-state index contributed by atoms with van der Waals surface area (Å²) in [6.07, 6.45) is 7.16. The number of hydrogen-bond donors (Lipinski definition) is 1. The second kappa shape index (κ2) is 3.35. The molecular weight excluding hydrogens is 164 g/mol. The summed E-state index contributed by atoms with van der Waals surface area (Å²) in [5.41, 5.74) is 3.95. The Hall–Kier alpha value is -1.71. The Morgan fingerprint density at radius 2 is 2.08 bits per heavy atom. The van der Waals surface area contributed by atoms with Gasteiger partial charge in [-0.2, -0.15) is 5.10 Å². The van der Waals surface area contributed by atoms with E-state index in [-0.39, 0.29) is 5.92 Å². The summed E-state index contributed by atoms with van der Waals surface area (Å²) >= 11 is 0. The van der Waals surface area contributed by atoms with Gasteiger partial charge in [0.1, 0.15) is 5.82 Å². The Balaban J connectivity index is 2.31. The molecule has 1 N–H and O–H groups in total. The molecule has 0 aliphatic carbocycles. The van der Waals surface area contributed by atoms with Crippen molar-refractivity contribution in [2.24, 2.45) is 5.10 Å². The zero-order chi connectivity index (χ0) is 9.10. The lowest BCUT2D eigenvalue weighted by Crippen LogP contribution is -2.14. The van der Waals surface area contributed by atoms with Crippen LogP contribution in [0.25, 0.3) is 0 Å². The molecule has 1 unspecified atom stereocenters. The molecule has 4 nitrogen and oxygen atoms in total. The fourth-order valence-electron chi connectivity index (χ4n) is 1.21. The zero-order valence-corrected chi connectivity index (χ0v) is 7.31. The topological polar surface area (TPSA) is 50.2 Å². The third-order valence-electron chi connectivity index (χ3n) is 1.94. The fraction of sp³-hybridized carbons (Fsp3) is 0.222. The maximum Gasteiger partial charge on any atom is 0.140 e. The SMILES string of the molecule is CC1=CNN=CC1c1ncccn1. The second-order valence-corrected chi connectivity index (χ2v) is 2.88. The number of hydrazone groups is 1. The quantitative estimate of drug-likeness (QED) is 0.692. The molecule has 1 aromatic rings. The van der Waals surface area contributed by atoms with Crippen molar-refractivity contribution < 1.29 is 0 Å². The summed E-state index contributed by atoms with van der Waals surface area (Å²) in [5.74, 6) is 0.906. The van der Waals surface area contributed by atoms with Crippen molar-refractivity contribution in [3.63, 3.8) is 0 Å². The van der Waals surface area contributed by atoms with Gasteiger partial charge < -0.3 is 0 Å². The Morgan fingerprint density at radius 3 is 2.77 bits per heavy atom. The zero-order valence-electron chi connectivity index (χ0n) is 7.31. The van der Waals surface area contributed by atoms with Crippen molar-refractivity contribution in [3.8, 4) is 0 Å². The highest BCUT2D eigenvalue weighted by atomic mass is 15.3. The van der Waals surface area contributed by atoms with Gasteiger partial charge in [-0.05, 0) is 18.6 Å². The van der Waals surface area contributed by atoms with Gasteiger partial charge in [-0.25, -0.2) is 9.97 Å². The molecule has 66 valence electrons. The molecule has 1 aliphatic heterocycles. The van der Waals surface area contributed by atoms with Gasteiger partial charge in [-0.3, -0.25) is 5.43 Å². The van der Waals surface area contributed by atoms with Gasteiger partial charge >= 0.3 is 0 Å². The standard InChI is InChI=1S/C9H10N4/c1-7-5-12-13-6-8(7)9-10-3-2-4-11-9/h2-6,8,12H,1H3. The molecule has 2 heterocycles. The lowest BCUT2D eigenvalue weighted by molar-refractivity contribution is 0.831. The maximum absolute atomic E-state index is 4.18. The lowest BCUT2D eigenvalue weighted by Gasteiger charge is -2.14. The molecule has 1 atom stereocenters. The number of allylic oxidation sites excluding steroid dienone is 1. The highest BCUT2D eigenvalue weighted by molar-refractivity contribution is 5.71. The van der Waals surface area contributed by atoms with Crippen molar-refractivity contribution in [3.05, 3.63) is 36.1 Å². The Bertz CT molecular complexity index is 342. The van der Waals surface area contributed by atoms with Crippen LogP contribution < -0.4 is 5.43 Å². The van der Waals surface area contributed by atoms with Crippen LogP contribution in [0.15, 0.2) is 35.3 Å². The van der Waals surface area contributed by atoms with Gasteiger partial charge in [0.15, 0.2) is 0 Å². The van der Waals surface area contributed by atoms with E-state index in [1.54, 1.807) is 18.5 Å². The van der Waals surface area contributed by atoms with E-state index in [0.717, 1.165) is 5.82 Å². The molecule has 0 spiro atoms. The molecule has 0 amide bonds. The van der Waals surface area contributed by atoms with Gasteiger partial charge in [0, 0.05) is 24.8 Å². The molecule has 0 fully saturated rings. The molecule has 0 aromatic carbocycles. The molecule has 1 aromatic heterocycles. The normalized spacial score (nSPS) is 20.7. The van der Waals surface area contributed by atoms with Crippen molar-refractivity contribution in [1.29, 1.82) is 0 Å². The van der Waals surface area contributed by atoms with E-state index in [1.165, 1.54) is 5.57 Å². The third kappa shape index (κ3) is 1.56. The first-order valence-electron chi connectivity index (χ1n) is 4.10. The van der Waals surface area contributed by atoms with Gasteiger partial charge in [0.2, 0.25) is 0 Å². The average Bonchev–Trinajstić information content (AvgIpc) is 2.20. The molecule has 4 heteroatoms. The summed E-state index contributed by atoms with van der Waals surface area (Å²) in [6.45, 7) is 2.03. The van der Waals surface area contributed by atoms with Gasteiger partial charge in [-0.15, -0.1) is 0 Å². The summed E-state index contributed by atoms with van der Waals surface area (Å²) in [7, 11) is 0. The van der Waals surface area contributed by atoms with Gasteiger partial charge in [0.05, 0.1) is 5.92 Å². The first kappa shape index (κ1) is 7.91. The van der Waals surface area contributed by atoms with E-state index in [4.69, 9.17) is 0 Å². The van der Waals surface area contributed by atoms with Crippen LogP contribution in [0.4, 0.5) is 0 Å². The lowest BCUT2D eigenvalue weighted by atomic mass is 10.0. The minimum atomic E-state index is 0.113. The van der Waals surface area contributed by atoms with Crippen LogP contribution in [0.5, 0.6) is 0 Å². The molecule has 2 rings (SSSR count). The Morgan fingerprint density at radius 1 is 1.31 bits per heavy atom.